The third-order valence-corrected chi connectivity index (χ3v) is 4.87. The largest absolute Gasteiger partial charge is 0.490 e. The maximum absolute atomic E-state index is 12.2. The van der Waals surface area contributed by atoms with Gasteiger partial charge in [0, 0.05) is 19.8 Å². The monoisotopic (exact) mass is 346 g/mol. The molecule has 1 aliphatic rings. The van der Waals surface area contributed by atoms with Gasteiger partial charge in [0.05, 0.1) is 22.1 Å². The number of fused-ring (bicyclic) bond motifs is 1. The molecule has 0 atom stereocenters. The van der Waals surface area contributed by atoms with Crippen LogP contribution in [0, 0.1) is 0 Å². The van der Waals surface area contributed by atoms with Crippen molar-refractivity contribution in [2.24, 2.45) is 0 Å². The highest BCUT2D eigenvalue weighted by molar-refractivity contribution is 7.18. The van der Waals surface area contributed by atoms with Gasteiger partial charge in [0.15, 0.2) is 0 Å². The Morgan fingerprint density at radius 3 is 3.08 bits per heavy atom. The lowest BCUT2D eigenvalue weighted by atomic mass is 10.2. The Labute approximate surface area is 146 Å². The van der Waals surface area contributed by atoms with Crippen LogP contribution in [-0.2, 0) is 4.74 Å². The first-order valence-corrected chi connectivity index (χ1v) is 9.06. The summed E-state index contributed by atoms with van der Waals surface area (Å²) in [5, 5.41) is 4.00. The molecule has 1 aromatic heterocycles. The van der Waals surface area contributed by atoms with Gasteiger partial charge in [0.1, 0.15) is 12.4 Å². The summed E-state index contributed by atoms with van der Waals surface area (Å²) < 4.78 is 11.0. The summed E-state index contributed by atoms with van der Waals surface area (Å²) in [7, 11) is 0. The van der Waals surface area contributed by atoms with Crippen molar-refractivity contribution < 1.29 is 14.3 Å². The molecule has 0 saturated heterocycles. The van der Waals surface area contributed by atoms with Crippen LogP contribution >= 0.6 is 11.3 Å². The number of rotatable bonds is 7. The van der Waals surface area contributed by atoms with Gasteiger partial charge in [-0.05, 0) is 37.6 Å². The van der Waals surface area contributed by atoms with Gasteiger partial charge in [-0.15, -0.1) is 11.3 Å². The van der Waals surface area contributed by atoms with E-state index in [4.69, 9.17) is 9.47 Å². The van der Waals surface area contributed by atoms with Gasteiger partial charge in [0.25, 0.3) is 5.91 Å². The Morgan fingerprint density at radius 2 is 2.21 bits per heavy atom. The average molecular weight is 346 g/mol. The van der Waals surface area contributed by atoms with Crippen LogP contribution in [0.15, 0.2) is 36.4 Å². The molecule has 1 aromatic carbocycles. The topological polar surface area (TPSA) is 50.8 Å². The van der Waals surface area contributed by atoms with E-state index in [0.29, 0.717) is 26.4 Å². The summed E-state index contributed by atoms with van der Waals surface area (Å²) in [6.07, 6.45) is 0.828. The van der Waals surface area contributed by atoms with Crippen LogP contribution in [-0.4, -0.2) is 38.8 Å². The van der Waals surface area contributed by atoms with Crippen molar-refractivity contribution >= 4 is 27.9 Å². The molecular weight excluding hydrogens is 324 g/mol. The number of benzene rings is 1. The van der Waals surface area contributed by atoms with Crippen LogP contribution in [0.4, 0.5) is 10.7 Å². The molecule has 24 heavy (non-hydrogen) atoms. The van der Waals surface area contributed by atoms with Crippen LogP contribution in [0.1, 0.15) is 23.0 Å². The minimum atomic E-state index is -0.0238. The number of amides is 1. The molecule has 0 spiro atoms. The van der Waals surface area contributed by atoms with Crippen molar-refractivity contribution in [3.05, 3.63) is 41.3 Å². The molecule has 3 rings (SSSR count). The number of carbonyl (C=O) groups is 1. The zero-order valence-corrected chi connectivity index (χ0v) is 14.6. The fourth-order valence-corrected chi connectivity index (χ4v) is 3.56. The van der Waals surface area contributed by atoms with E-state index in [2.05, 4.69) is 10.2 Å². The van der Waals surface area contributed by atoms with Crippen LogP contribution in [0.2, 0.25) is 0 Å². The fourth-order valence-electron chi connectivity index (χ4n) is 2.60. The third-order valence-electron chi connectivity index (χ3n) is 3.77. The van der Waals surface area contributed by atoms with Crippen molar-refractivity contribution in [1.29, 1.82) is 0 Å². The van der Waals surface area contributed by atoms with E-state index in [9.17, 15) is 4.79 Å². The SMILES string of the molecule is CCOCCCNC(=O)c1ccc(N2CCOc3ccccc32)s1. The molecule has 0 fully saturated rings. The fraction of sp³-hybridized carbons (Fsp3) is 0.389. The first kappa shape index (κ1) is 16.8. The highest BCUT2D eigenvalue weighted by atomic mass is 32.1. The lowest BCUT2D eigenvalue weighted by Gasteiger charge is -2.29. The zero-order chi connectivity index (χ0) is 16.8. The summed E-state index contributed by atoms with van der Waals surface area (Å²) in [4.78, 5) is 15.2. The number of para-hydroxylation sites is 2. The molecule has 1 amide bonds. The second-order valence-electron chi connectivity index (χ2n) is 5.41. The van der Waals surface area contributed by atoms with E-state index >= 15 is 0 Å². The standard InChI is InChI=1S/C18H22N2O3S/c1-2-22-12-5-10-19-18(21)16-8-9-17(24-16)20-11-13-23-15-7-4-3-6-14(15)20/h3-4,6-9H,2,5,10-13H2,1H3,(H,19,21). The van der Waals surface area contributed by atoms with Gasteiger partial charge in [-0.25, -0.2) is 0 Å². The Kier molecular flexibility index (Phi) is 5.72. The minimum absolute atomic E-state index is 0.0238. The molecule has 0 radical (unpaired) electrons. The van der Waals surface area contributed by atoms with Gasteiger partial charge in [-0.3, -0.25) is 4.79 Å². The normalized spacial score (nSPS) is 13.3. The summed E-state index contributed by atoms with van der Waals surface area (Å²) in [6.45, 7) is 5.42. The van der Waals surface area contributed by atoms with E-state index in [0.717, 1.165) is 34.3 Å². The Hall–Kier alpha value is -2.05. The van der Waals surface area contributed by atoms with Gasteiger partial charge < -0.3 is 19.7 Å². The molecule has 2 heterocycles. The molecule has 0 bridgehead atoms. The summed E-state index contributed by atoms with van der Waals surface area (Å²) >= 11 is 1.51. The molecule has 2 aromatic rings. The molecule has 0 saturated carbocycles. The summed E-state index contributed by atoms with van der Waals surface area (Å²) in [5.74, 6) is 0.864. The van der Waals surface area contributed by atoms with Crippen molar-refractivity contribution in [3.63, 3.8) is 0 Å². The van der Waals surface area contributed by atoms with E-state index < -0.39 is 0 Å². The number of ether oxygens (including phenoxy) is 2. The van der Waals surface area contributed by atoms with Crippen molar-refractivity contribution in [1.82, 2.24) is 5.32 Å². The Balaban J connectivity index is 1.63. The number of anilines is 2. The molecule has 6 heteroatoms. The number of thiophene rings is 1. The maximum atomic E-state index is 12.2. The van der Waals surface area contributed by atoms with Gasteiger partial charge in [-0.2, -0.15) is 0 Å². The Bertz CT molecular complexity index is 686. The Morgan fingerprint density at radius 1 is 1.33 bits per heavy atom. The lowest BCUT2D eigenvalue weighted by molar-refractivity contribution is 0.0948. The van der Waals surface area contributed by atoms with Crippen LogP contribution in [0.3, 0.4) is 0 Å². The smallest absolute Gasteiger partial charge is 0.261 e. The molecule has 0 aliphatic carbocycles. The summed E-state index contributed by atoms with van der Waals surface area (Å²) in [5.41, 5.74) is 1.05. The van der Waals surface area contributed by atoms with Crippen LogP contribution < -0.4 is 15.0 Å². The zero-order valence-electron chi connectivity index (χ0n) is 13.8. The third kappa shape index (κ3) is 3.88. The average Bonchev–Trinajstić information content (AvgIpc) is 3.11. The van der Waals surface area contributed by atoms with E-state index in [-0.39, 0.29) is 5.91 Å². The lowest BCUT2D eigenvalue weighted by Crippen LogP contribution is -2.27. The minimum Gasteiger partial charge on any atom is -0.490 e. The highest BCUT2D eigenvalue weighted by Crippen LogP contribution is 2.39. The van der Waals surface area contributed by atoms with Gasteiger partial charge in [0.2, 0.25) is 0 Å². The highest BCUT2D eigenvalue weighted by Gasteiger charge is 2.21. The van der Waals surface area contributed by atoms with Crippen molar-refractivity contribution in [2.75, 3.05) is 37.8 Å². The van der Waals surface area contributed by atoms with Crippen LogP contribution in [0.5, 0.6) is 5.75 Å². The molecule has 0 unspecified atom stereocenters. The predicted molar refractivity (Wildman–Crippen MR) is 96.7 cm³/mol. The van der Waals surface area contributed by atoms with Gasteiger partial charge in [-0.1, -0.05) is 12.1 Å². The van der Waals surface area contributed by atoms with Crippen molar-refractivity contribution in [2.45, 2.75) is 13.3 Å². The van der Waals surface area contributed by atoms with E-state index in [1.54, 1.807) is 0 Å². The van der Waals surface area contributed by atoms with E-state index in [1.807, 2.05) is 43.3 Å². The van der Waals surface area contributed by atoms with Crippen molar-refractivity contribution in [3.8, 4) is 5.75 Å². The second-order valence-corrected chi connectivity index (χ2v) is 6.47. The maximum Gasteiger partial charge on any atom is 0.261 e. The number of nitrogens with zero attached hydrogens (tertiary/aromatic N) is 1. The molecular formula is C18H22N2O3S. The number of nitrogens with one attached hydrogen (secondary N) is 1. The molecule has 1 N–H and O–H groups in total. The number of carbonyl (C=O) groups excluding carboxylic acids is 1. The first-order valence-electron chi connectivity index (χ1n) is 8.24. The predicted octanol–water partition coefficient (Wildman–Crippen LogP) is 3.44. The molecule has 128 valence electrons. The van der Waals surface area contributed by atoms with E-state index in [1.165, 1.54) is 11.3 Å². The molecule has 1 aliphatic heterocycles. The van der Waals surface area contributed by atoms with Gasteiger partial charge >= 0.3 is 0 Å². The number of hydrogen-bond acceptors (Lipinski definition) is 5. The summed E-state index contributed by atoms with van der Waals surface area (Å²) in [6, 6.07) is 11.9. The quantitative estimate of drug-likeness (QED) is 0.781. The number of hydrogen-bond donors (Lipinski definition) is 1. The second kappa shape index (κ2) is 8.17. The van der Waals surface area contributed by atoms with Crippen LogP contribution in [0.25, 0.3) is 0 Å². The first-order chi connectivity index (χ1) is 11.8. The molecule has 5 nitrogen and oxygen atoms in total.